The highest BCUT2D eigenvalue weighted by Crippen LogP contribution is 2.45. The molecule has 1 aliphatic rings. The highest BCUT2D eigenvalue weighted by Gasteiger charge is 2.52. The quantitative estimate of drug-likeness (QED) is 0.755. The Morgan fingerprint density at radius 2 is 1.88 bits per heavy atom. The number of benzene rings is 1. The summed E-state index contributed by atoms with van der Waals surface area (Å²) in [4.78, 5) is 0. The van der Waals surface area contributed by atoms with Crippen molar-refractivity contribution in [2.75, 3.05) is 5.75 Å². The molecule has 1 saturated heterocycles. The van der Waals surface area contributed by atoms with Gasteiger partial charge in [-0.25, -0.2) is 8.42 Å². The highest BCUT2D eigenvalue weighted by molar-refractivity contribution is 7.89. The molecule has 1 aromatic rings. The smallest absolute Gasteiger partial charge is 0.212 e. The molecule has 1 unspecified atom stereocenters. The highest BCUT2D eigenvalue weighted by atomic mass is 32.2. The van der Waals surface area contributed by atoms with Crippen LogP contribution in [0.2, 0.25) is 0 Å². The van der Waals surface area contributed by atoms with E-state index in [2.05, 4.69) is 0 Å². The second-order valence-electron chi connectivity index (χ2n) is 4.24. The molecule has 0 spiro atoms. The average molecular weight is 239 g/mol. The van der Waals surface area contributed by atoms with E-state index in [1.165, 1.54) is 0 Å². The van der Waals surface area contributed by atoms with Crippen molar-refractivity contribution in [2.24, 2.45) is 0 Å². The van der Waals surface area contributed by atoms with Crippen molar-refractivity contribution < 1.29 is 8.42 Å². The van der Waals surface area contributed by atoms with Crippen LogP contribution in [0.5, 0.6) is 0 Å². The lowest BCUT2D eigenvalue weighted by atomic mass is 10.1. The van der Waals surface area contributed by atoms with Crippen molar-refractivity contribution in [1.82, 2.24) is 4.31 Å². The number of rotatable bonds is 4. The first-order chi connectivity index (χ1) is 7.58. The Morgan fingerprint density at radius 1 is 1.25 bits per heavy atom. The molecule has 3 atom stereocenters. The maximum atomic E-state index is 11.9. The molecule has 1 aliphatic heterocycles. The summed E-state index contributed by atoms with van der Waals surface area (Å²) in [6, 6.07) is 9.99. The van der Waals surface area contributed by atoms with E-state index in [0.717, 1.165) is 5.56 Å². The molecule has 0 aliphatic carbocycles. The van der Waals surface area contributed by atoms with Crippen LogP contribution in [-0.4, -0.2) is 24.5 Å². The maximum Gasteiger partial charge on any atom is 0.215 e. The van der Waals surface area contributed by atoms with Gasteiger partial charge in [-0.05, 0) is 18.9 Å². The van der Waals surface area contributed by atoms with Crippen LogP contribution in [0, 0.1) is 0 Å². The largest absolute Gasteiger partial charge is 0.215 e. The van der Waals surface area contributed by atoms with E-state index in [4.69, 9.17) is 0 Å². The molecule has 0 saturated carbocycles. The van der Waals surface area contributed by atoms with Gasteiger partial charge in [-0.2, -0.15) is 4.31 Å². The molecule has 0 aromatic heterocycles. The fourth-order valence-corrected chi connectivity index (χ4v) is 4.13. The average Bonchev–Trinajstić information content (AvgIpc) is 2.92. The van der Waals surface area contributed by atoms with Crippen LogP contribution in [0.1, 0.15) is 31.9 Å². The number of hydrogen-bond donors (Lipinski definition) is 0. The molecule has 1 fully saturated rings. The predicted molar refractivity (Wildman–Crippen MR) is 64.6 cm³/mol. The van der Waals surface area contributed by atoms with Crippen LogP contribution in [0.4, 0.5) is 0 Å². The monoisotopic (exact) mass is 239 g/mol. The van der Waals surface area contributed by atoms with E-state index in [9.17, 15) is 8.42 Å². The molecular weight excluding hydrogens is 222 g/mol. The molecular formula is C12H17NO2S. The lowest BCUT2D eigenvalue weighted by molar-refractivity contribution is 0.547. The van der Waals surface area contributed by atoms with Crippen molar-refractivity contribution in [3.05, 3.63) is 35.9 Å². The zero-order chi connectivity index (χ0) is 11.8. The van der Waals surface area contributed by atoms with Gasteiger partial charge in [-0.15, -0.1) is 0 Å². The van der Waals surface area contributed by atoms with Gasteiger partial charge in [0.1, 0.15) is 0 Å². The van der Waals surface area contributed by atoms with E-state index in [1.807, 2.05) is 44.2 Å². The predicted octanol–water partition coefficient (Wildman–Crippen LogP) is 2.17. The summed E-state index contributed by atoms with van der Waals surface area (Å²) >= 11 is 0. The Bertz CT molecular complexity index is 455. The van der Waals surface area contributed by atoms with Gasteiger partial charge in [0.2, 0.25) is 10.0 Å². The minimum atomic E-state index is -3.05. The van der Waals surface area contributed by atoms with Crippen LogP contribution in [0.3, 0.4) is 0 Å². The Balaban J connectivity index is 2.18. The molecule has 0 radical (unpaired) electrons. The molecule has 3 nitrogen and oxygen atoms in total. The maximum absolute atomic E-state index is 11.9. The van der Waals surface area contributed by atoms with Gasteiger partial charge >= 0.3 is 0 Å². The van der Waals surface area contributed by atoms with Crippen molar-refractivity contribution in [1.29, 1.82) is 0 Å². The number of nitrogens with zero attached hydrogens (tertiary/aromatic N) is 1. The first kappa shape index (κ1) is 11.6. The third kappa shape index (κ3) is 1.99. The van der Waals surface area contributed by atoms with Gasteiger partial charge in [-0.3, -0.25) is 0 Å². The summed E-state index contributed by atoms with van der Waals surface area (Å²) in [7, 11) is -3.05. The lowest BCUT2D eigenvalue weighted by Crippen LogP contribution is -2.17. The van der Waals surface area contributed by atoms with Gasteiger partial charge in [0, 0.05) is 6.04 Å². The van der Waals surface area contributed by atoms with Gasteiger partial charge in [0.25, 0.3) is 0 Å². The minimum absolute atomic E-state index is 0.0535. The van der Waals surface area contributed by atoms with E-state index in [-0.39, 0.29) is 17.8 Å². The van der Waals surface area contributed by atoms with Gasteiger partial charge in [0.05, 0.1) is 11.8 Å². The Labute approximate surface area is 97.1 Å². The van der Waals surface area contributed by atoms with Crippen LogP contribution in [0.15, 0.2) is 30.3 Å². The molecule has 0 amide bonds. The second kappa shape index (κ2) is 4.18. The SMILES string of the molecule is CCCS(=O)(=O)N1[C@H](C)[C@H]1c1ccccc1. The van der Waals surface area contributed by atoms with E-state index >= 15 is 0 Å². The topological polar surface area (TPSA) is 37.1 Å². The summed E-state index contributed by atoms with van der Waals surface area (Å²) in [6.45, 7) is 3.86. The summed E-state index contributed by atoms with van der Waals surface area (Å²) in [5.41, 5.74) is 1.09. The van der Waals surface area contributed by atoms with Crippen molar-refractivity contribution in [3.63, 3.8) is 0 Å². The third-order valence-corrected chi connectivity index (χ3v) is 5.09. The van der Waals surface area contributed by atoms with Gasteiger partial charge in [-0.1, -0.05) is 37.3 Å². The summed E-state index contributed by atoms with van der Waals surface area (Å²) < 4.78 is 25.4. The summed E-state index contributed by atoms with van der Waals surface area (Å²) in [6.07, 6.45) is 0.674. The minimum Gasteiger partial charge on any atom is -0.212 e. The molecule has 4 heteroatoms. The zero-order valence-corrected chi connectivity index (χ0v) is 10.4. The lowest BCUT2D eigenvalue weighted by Gasteiger charge is -2.04. The Morgan fingerprint density at radius 3 is 2.44 bits per heavy atom. The van der Waals surface area contributed by atoms with Crippen LogP contribution < -0.4 is 0 Å². The van der Waals surface area contributed by atoms with Crippen molar-refractivity contribution >= 4 is 10.0 Å². The molecule has 88 valence electrons. The molecule has 0 N–H and O–H groups in total. The Hall–Kier alpha value is -0.870. The van der Waals surface area contributed by atoms with E-state index in [0.29, 0.717) is 6.42 Å². The fraction of sp³-hybridized carbons (Fsp3) is 0.500. The molecule has 1 heterocycles. The van der Waals surface area contributed by atoms with E-state index in [1.54, 1.807) is 4.31 Å². The van der Waals surface area contributed by atoms with E-state index < -0.39 is 10.0 Å². The van der Waals surface area contributed by atoms with Gasteiger partial charge < -0.3 is 0 Å². The Kier molecular flexibility index (Phi) is 3.04. The van der Waals surface area contributed by atoms with Crippen LogP contribution in [-0.2, 0) is 10.0 Å². The van der Waals surface area contributed by atoms with Crippen LogP contribution >= 0.6 is 0 Å². The summed E-state index contributed by atoms with van der Waals surface area (Å²) in [5.74, 6) is 0.251. The normalized spacial score (nSPS) is 29.0. The van der Waals surface area contributed by atoms with Crippen molar-refractivity contribution in [2.45, 2.75) is 32.4 Å². The zero-order valence-electron chi connectivity index (χ0n) is 9.63. The van der Waals surface area contributed by atoms with Gasteiger partial charge in [0.15, 0.2) is 0 Å². The molecule has 0 bridgehead atoms. The fourth-order valence-electron chi connectivity index (χ4n) is 2.19. The second-order valence-corrected chi connectivity index (χ2v) is 6.24. The molecule has 16 heavy (non-hydrogen) atoms. The van der Waals surface area contributed by atoms with Crippen LogP contribution in [0.25, 0.3) is 0 Å². The number of sulfonamides is 1. The first-order valence-electron chi connectivity index (χ1n) is 5.64. The first-order valence-corrected chi connectivity index (χ1v) is 7.25. The summed E-state index contributed by atoms with van der Waals surface area (Å²) in [5, 5.41) is 0. The molecule has 2 rings (SSSR count). The molecule has 1 aromatic carbocycles. The number of hydrogen-bond acceptors (Lipinski definition) is 2. The van der Waals surface area contributed by atoms with Crippen molar-refractivity contribution in [3.8, 4) is 0 Å². The standard InChI is InChI=1S/C12H17NO2S/c1-3-9-16(14,15)13-10(2)12(13)11-7-5-4-6-8-11/h4-8,10,12H,3,9H2,1-2H3/t10-,12+,13?/m1/s1. The third-order valence-electron chi connectivity index (χ3n) is 2.97.